The van der Waals surface area contributed by atoms with Gasteiger partial charge >= 0.3 is 0 Å². The molecule has 0 unspecified atom stereocenters. The van der Waals surface area contributed by atoms with Gasteiger partial charge in [-0.2, -0.15) is 0 Å². The molecule has 190 valence electrons. The summed E-state index contributed by atoms with van der Waals surface area (Å²) in [4.78, 5) is 14.1. The quantitative estimate of drug-likeness (QED) is 0.160. The molecule has 0 fully saturated rings. The van der Waals surface area contributed by atoms with Crippen molar-refractivity contribution in [2.45, 2.75) is 129 Å². The summed E-state index contributed by atoms with van der Waals surface area (Å²) >= 11 is 0. The van der Waals surface area contributed by atoms with Gasteiger partial charge in [0.15, 0.2) is 5.82 Å². The van der Waals surface area contributed by atoms with Crippen molar-refractivity contribution >= 4 is 0 Å². The number of phenolic OH excluding ortho intramolecular Hbond substituents is 2. The van der Waals surface area contributed by atoms with Crippen LogP contribution >= 0.6 is 0 Å². The van der Waals surface area contributed by atoms with E-state index in [4.69, 9.17) is 4.98 Å². The summed E-state index contributed by atoms with van der Waals surface area (Å²) in [6.45, 7) is 4.50. The van der Waals surface area contributed by atoms with E-state index >= 15 is 0 Å². The van der Waals surface area contributed by atoms with Gasteiger partial charge in [-0.1, -0.05) is 104 Å². The highest BCUT2D eigenvalue weighted by Gasteiger charge is 2.13. The Morgan fingerprint density at radius 2 is 1.00 bits per heavy atom. The maximum atomic E-state index is 10.3. The Kier molecular flexibility index (Phi) is 14.3. The third-order valence-corrected chi connectivity index (χ3v) is 6.46. The van der Waals surface area contributed by atoms with E-state index in [1.807, 2.05) is 0 Å². The molecule has 0 amide bonds. The van der Waals surface area contributed by atoms with Gasteiger partial charge in [0.05, 0.1) is 5.56 Å². The van der Waals surface area contributed by atoms with E-state index in [0.29, 0.717) is 11.4 Å². The molecule has 0 spiro atoms. The number of phenols is 2. The summed E-state index contributed by atoms with van der Waals surface area (Å²) in [7, 11) is 0. The molecule has 2 rings (SSSR count). The number of hydrogen-bond acceptors (Lipinski definition) is 5. The third-order valence-electron chi connectivity index (χ3n) is 6.46. The monoisotopic (exact) mass is 469 g/mol. The second-order valence-corrected chi connectivity index (χ2v) is 9.64. The zero-order valence-corrected chi connectivity index (χ0v) is 21.7. The summed E-state index contributed by atoms with van der Waals surface area (Å²) < 4.78 is 0. The fraction of sp³-hybridized carbons (Fsp3) is 0.690. The van der Waals surface area contributed by atoms with Crippen molar-refractivity contribution in [1.29, 1.82) is 0 Å². The lowest BCUT2D eigenvalue weighted by molar-refractivity contribution is 0.461. The van der Waals surface area contributed by atoms with Gasteiger partial charge in [-0.25, -0.2) is 15.0 Å². The topological polar surface area (TPSA) is 79.1 Å². The zero-order valence-electron chi connectivity index (χ0n) is 21.7. The van der Waals surface area contributed by atoms with Crippen molar-refractivity contribution < 1.29 is 10.2 Å². The van der Waals surface area contributed by atoms with Crippen LogP contribution in [0.2, 0.25) is 0 Å². The number of benzene rings is 1. The smallest absolute Gasteiger partial charge is 0.167 e. The van der Waals surface area contributed by atoms with Crippen LogP contribution in [-0.2, 0) is 12.8 Å². The minimum atomic E-state index is 0.0834. The average molecular weight is 470 g/mol. The first-order valence-corrected chi connectivity index (χ1v) is 13.9. The molecule has 2 aromatic rings. The molecule has 1 aromatic heterocycles. The molecule has 0 saturated carbocycles. The van der Waals surface area contributed by atoms with Crippen LogP contribution in [0.15, 0.2) is 18.2 Å². The number of aromatic hydroxyl groups is 2. The summed E-state index contributed by atoms with van der Waals surface area (Å²) in [5.41, 5.74) is 0.469. The number of aryl methyl sites for hydroxylation is 2. The minimum absolute atomic E-state index is 0.0834. The highest BCUT2D eigenvalue weighted by molar-refractivity contribution is 5.65. The molecule has 0 bridgehead atoms. The van der Waals surface area contributed by atoms with E-state index in [0.717, 1.165) is 37.3 Å². The van der Waals surface area contributed by atoms with Crippen molar-refractivity contribution in [3.05, 3.63) is 29.8 Å². The fourth-order valence-electron chi connectivity index (χ4n) is 4.35. The Balaban J connectivity index is 1.93. The van der Waals surface area contributed by atoms with E-state index in [1.54, 1.807) is 0 Å². The van der Waals surface area contributed by atoms with Crippen molar-refractivity contribution in [2.24, 2.45) is 0 Å². The Morgan fingerprint density at radius 3 is 1.47 bits per heavy atom. The Hall–Kier alpha value is -2.17. The van der Waals surface area contributed by atoms with Crippen LogP contribution in [-0.4, -0.2) is 25.2 Å². The minimum Gasteiger partial charge on any atom is -0.508 e. The van der Waals surface area contributed by atoms with E-state index in [9.17, 15) is 10.2 Å². The van der Waals surface area contributed by atoms with Gasteiger partial charge in [0.2, 0.25) is 0 Å². The molecule has 0 aliphatic heterocycles. The van der Waals surface area contributed by atoms with Crippen molar-refractivity contribution in [3.63, 3.8) is 0 Å². The lowest BCUT2D eigenvalue weighted by atomic mass is 10.1. The van der Waals surface area contributed by atoms with Crippen LogP contribution < -0.4 is 0 Å². The Labute approximate surface area is 207 Å². The highest BCUT2D eigenvalue weighted by Crippen LogP contribution is 2.30. The summed E-state index contributed by atoms with van der Waals surface area (Å²) in [6.07, 6.45) is 22.0. The number of hydrogen-bond donors (Lipinski definition) is 2. The van der Waals surface area contributed by atoms with Crippen LogP contribution in [0, 0.1) is 0 Å². The van der Waals surface area contributed by atoms with Crippen LogP contribution in [0.3, 0.4) is 0 Å². The second-order valence-electron chi connectivity index (χ2n) is 9.64. The maximum Gasteiger partial charge on any atom is 0.167 e. The van der Waals surface area contributed by atoms with Gasteiger partial charge in [0, 0.05) is 12.8 Å². The number of aromatic nitrogens is 3. The van der Waals surface area contributed by atoms with Crippen LogP contribution in [0.5, 0.6) is 11.5 Å². The van der Waals surface area contributed by atoms with Crippen molar-refractivity contribution in [3.8, 4) is 22.9 Å². The zero-order chi connectivity index (χ0) is 24.4. The normalized spacial score (nSPS) is 11.2. The summed E-state index contributed by atoms with van der Waals surface area (Å²) in [6, 6.07) is 4.50. The fourth-order valence-corrected chi connectivity index (χ4v) is 4.35. The first-order chi connectivity index (χ1) is 16.6. The first-order valence-electron chi connectivity index (χ1n) is 13.9. The third kappa shape index (κ3) is 11.3. The molecule has 0 atom stereocenters. The Morgan fingerprint density at radius 1 is 0.559 bits per heavy atom. The standard InChI is InChI=1S/C29H47N3O2/c1-3-5-7-9-11-13-15-17-19-27-30-28(20-18-16-14-12-10-8-6-4-2)32-29(31-27)25-23-24(33)21-22-26(25)34/h21-23,33-34H,3-20H2,1-2H3. The lowest BCUT2D eigenvalue weighted by Gasteiger charge is -2.09. The average Bonchev–Trinajstić information content (AvgIpc) is 2.84. The van der Waals surface area contributed by atoms with Crippen LogP contribution in [0.1, 0.15) is 128 Å². The van der Waals surface area contributed by atoms with E-state index in [2.05, 4.69) is 23.8 Å². The summed E-state index contributed by atoms with van der Waals surface area (Å²) in [5.74, 6) is 2.25. The molecule has 0 saturated heterocycles. The number of rotatable bonds is 19. The number of nitrogens with zero attached hydrogens (tertiary/aromatic N) is 3. The first kappa shape index (κ1) is 28.1. The molecular formula is C29H47N3O2. The predicted molar refractivity (Wildman–Crippen MR) is 141 cm³/mol. The molecule has 0 aliphatic carbocycles. The van der Waals surface area contributed by atoms with E-state index in [1.165, 1.54) is 108 Å². The molecule has 1 heterocycles. The SMILES string of the molecule is CCCCCCCCCCc1nc(CCCCCCCCCC)nc(-c2cc(O)ccc2O)n1. The molecule has 0 aliphatic rings. The molecular weight excluding hydrogens is 422 g/mol. The molecule has 5 heteroatoms. The maximum absolute atomic E-state index is 10.3. The van der Waals surface area contributed by atoms with Crippen LogP contribution in [0.25, 0.3) is 11.4 Å². The molecule has 0 radical (unpaired) electrons. The van der Waals surface area contributed by atoms with Gasteiger partial charge in [-0.15, -0.1) is 0 Å². The molecule has 34 heavy (non-hydrogen) atoms. The lowest BCUT2D eigenvalue weighted by Crippen LogP contribution is -2.06. The van der Waals surface area contributed by atoms with Gasteiger partial charge in [0.25, 0.3) is 0 Å². The van der Waals surface area contributed by atoms with E-state index in [-0.39, 0.29) is 11.5 Å². The molecule has 5 nitrogen and oxygen atoms in total. The predicted octanol–water partition coefficient (Wildman–Crippen LogP) is 8.32. The van der Waals surface area contributed by atoms with Gasteiger partial charge in [0.1, 0.15) is 23.1 Å². The van der Waals surface area contributed by atoms with Crippen molar-refractivity contribution in [1.82, 2.24) is 15.0 Å². The number of unbranched alkanes of at least 4 members (excludes halogenated alkanes) is 14. The van der Waals surface area contributed by atoms with Gasteiger partial charge < -0.3 is 10.2 Å². The molecule has 2 N–H and O–H groups in total. The van der Waals surface area contributed by atoms with Gasteiger partial charge in [-0.3, -0.25) is 0 Å². The second kappa shape index (κ2) is 17.3. The summed E-state index contributed by atoms with van der Waals surface area (Å²) in [5, 5.41) is 20.2. The van der Waals surface area contributed by atoms with Crippen molar-refractivity contribution in [2.75, 3.05) is 0 Å². The van der Waals surface area contributed by atoms with E-state index < -0.39 is 0 Å². The van der Waals surface area contributed by atoms with Gasteiger partial charge in [-0.05, 0) is 31.0 Å². The molecule has 1 aromatic carbocycles. The van der Waals surface area contributed by atoms with Crippen LogP contribution in [0.4, 0.5) is 0 Å². The Bertz CT molecular complexity index is 772. The highest BCUT2D eigenvalue weighted by atomic mass is 16.3. The largest absolute Gasteiger partial charge is 0.508 e.